The fourth-order valence-corrected chi connectivity index (χ4v) is 3.26. The molecule has 154 valence electrons. The number of nitrogens with two attached hydrogens (primary N) is 2. The van der Waals surface area contributed by atoms with Crippen molar-refractivity contribution in [2.75, 3.05) is 10.6 Å². The normalized spacial score (nSPS) is 10.5. The van der Waals surface area contributed by atoms with Gasteiger partial charge in [-0.25, -0.2) is 0 Å². The Morgan fingerprint density at radius 3 is 1.43 bits per heavy atom. The van der Waals surface area contributed by atoms with E-state index >= 15 is 0 Å². The highest BCUT2D eigenvalue weighted by molar-refractivity contribution is 6.08. The molecule has 0 aliphatic rings. The number of carbonyl (C=O) groups is 2. The summed E-state index contributed by atoms with van der Waals surface area (Å²) in [6, 6.07) is 19.1. The highest BCUT2D eigenvalue weighted by atomic mass is 16.2. The minimum atomic E-state index is -0.714. The molecule has 3 aromatic carbocycles. The zero-order chi connectivity index (χ0) is 21.7. The van der Waals surface area contributed by atoms with E-state index in [4.69, 9.17) is 11.5 Å². The van der Waals surface area contributed by atoms with Crippen molar-refractivity contribution in [2.45, 2.75) is 26.7 Å². The maximum Gasteiger partial charge on any atom is 0.249 e. The summed E-state index contributed by atoms with van der Waals surface area (Å²) in [6.45, 7) is 4.17. The standard InChI is InChI=1S/C24H26N4O2/c1-3-15-7-5-9-17(11-15)27-21-13-19(23(25)29)20(24(26)30)14-22(21)28-18-10-6-8-16(4-2)12-18/h5-14,27-28H,3-4H2,1-2H3,(H2,25,29)(H2,26,30). The molecule has 0 aliphatic carbocycles. The number of rotatable bonds is 8. The van der Waals surface area contributed by atoms with Crippen molar-refractivity contribution in [1.82, 2.24) is 0 Å². The van der Waals surface area contributed by atoms with Gasteiger partial charge in [-0.05, 0) is 60.4 Å². The van der Waals surface area contributed by atoms with E-state index in [0.29, 0.717) is 11.4 Å². The Labute approximate surface area is 176 Å². The molecular weight excluding hydrogens is 376 g/mol. The van der Waals surface area contributed by atoms with Crippen LogP contribution in [0.25, 0.3) is 0 Å². The summed E-state index contributed by atoms with van der Waals surface area (Å²) in [6.07, 6.45) is 1.80. The van der Waals surface area contributed by atoms with Gasteiger partial charge in [0.1, 0.15) is 0 Å². The van der Waals surface area contributed by atoms with Crippen molar-refractivity contribution >= 4 is 34.6 Å². The van der Waals surface area contributed by atoms with Crippen LogP contribution in [0.1, 0.15) is 45.7 Å². The summed E-state index contributed by atoms with van der Waals surface area (Å²) in [7, 11) is 0. The lowest BCUT2D eigenvalue weighted by atomic mass is 10.0. The second-order valence-corrected chi connectivity index (χ2v) is 7.03. The monoisotopic (exact) mass is 402 g/mol. The van der Waals surface area contributed by atoms with E-state index in [1.165, 1.54) is 11.1 Å². The molecule has 0 unspecified atom stereocenters. The second-order valence-electron chi connectivity index (χ2n) is 7.03. The minimum Gasteiger partial charge on any atom is -0.366 e. The van der Waals surface area contributed by atoms with E-state index in [9.17, 15) is 9.59 Å². The van der Waals surface area contributed by atoms with Gasteiger partial charge in [0, 0.05) is 11.4 Å². The SMILES string of the molecule is CCc1cccc(Nc2cc(C(N)=O)c(C(N)=O)cc2Nc2cccc(CC)c2)c1. The number of nitrogens with one attached hydrogen (secondary N) is 2. The molecule has 0 atom stereocenters. The van der Waals surface area contributed by atoms with Crippen LogP contribution in [0.4, 0.5) is 22.7 Å². The lowest BCUT2D eigenvalue weighted by Gasteiger charge is -2.18. The van der Waals surface area contributed by atoms with E-state index in [-0.39, 0.29) is 11.1 Å². The number of carbonyl (C=O) groups excluding carboxylic acids is 2. The maximum absolute atomic E-state index is 12.0. The average Bonchev–Trinajstić information content (AvgIpc) is 2.74. The Morgan fingerprint density at radius 2 is 1.10 bits per heavy atom. The summed E-state index contributed by atoms with van der Waals surface area (Å²) in [5.41, 5.74) is 16.5. The largest absolute Gasteiger partial charge is 0.366 e. The number of benzene rings is 3. The van der Waals surface area contributed by atoms with Gasteiger partial charge >= 0.3 is 0 Å². The van der Waals surface area contributed by atoms with Crippen LogP contribution < -0.4 is 22.1 Å². The third kappa shape index (κ3) is 4.78. The van der Waals surface area contributed by atoms with Crippen molar-refractivity contribution in [2.24, 2.45) is 11.5 Å². The van der Waals surface area contributed by atoms with Crippen LogP contribution in [-0.4, -0.2) is 11.8 Å². The highest BCUT2D eigenvalue weighted by Crippen LogP contribution is 2.32. The highest BCUT2D eigenvalue weighted by Gasteiger charge is 2.18. The lowest BCUT2D eigenvalue weighted by Crippen LogP contribution is -2.21. The number of hydrogen-bond donors (Lipinski definition) is 4. The third-order valence-corrected chi connectivity index (χ3v) is 4.92. The number of aryl methyl sites for hydroxylation is 2. The molecule has 0 spiro atoms. The molecule has 3 rings (SSSR count). The van der Waals surface area contributed by atoms with Crippen LogP contribution in [0.2, 0.25) is 0 Å². The van der Waals surface area contributed by atoms with Crippen LogP contribution in [0, 0.1) is 0 Å². The fraction of sp³-hybridized carbons (Fsp3) is 0.167. The first-order valence-electron chi connectivity index (χ1n) is 9.90. The molecule has 0 saturated carbocycles. The molecule has 2 amide bonds. The van der Waals surface area contributed by atoms with Gasteiger partial charge in [-0.2, -0.15) is 0 Å². The summed E-state index contributed by atoms with van der Waals surface area (Å²) >= 11 is 0. The van der Waals surface area contributed by atoms with Gasteiger partial charge in [-0.3, -0.25) is 9.59 Å². The topological polar surface area (TPSA) is 110 Å². The van der Waals surface area contributed by atoms with Crippen molar-refractivity contribution in [3.63, 3.8) is 0 Å². The predicted octanol–water partition coefficient (Wildman–Crippen LogP) is 4.50. The summed E-state index contributed by atoms with van der Waals surface area (Å²) in [4.78, 5) is 23.9. The Bertz CT molecular complexity index is 1010. The molecule has 0 saturated heterocycles. The second kappa shape index (κ2) is 9.13. The van der Waals surface area contributed by atoms with E-state index in [0.717, 1.165) is 24.2 Å². The first kappa shape index (κ1) is 20.9. The van der Waals surface area contributed by atoms with E-state index in [2.05, 4.69) is 24.5 Å². The summed E-state index contributed by atoms with van der Waals surface area (Å²) < 4.78 is 0. The number of amides is 2. The smallest absolute Gasteiger partial charge is 0.249 e. The van der Waals surface area contributed by atoms with Crippen molar-refractivity contribution in [3.05, 3.63) is 82.9 Å². The molecule has 0 aromatic heterocycles. The van der Waals surface area contributed by atoms with E-state index in [1.807, 2.05) is 48.5 Å². The molecule has 6 N–H and O–H groups in total. The van der Waals surface area contributed by atoms with Crippen LogP contribution in [-0.2, 0) is 12.8 Å². The van der Waals surface area contributed by atoms with Gasteiger partial charge < -0.3 is 22.1 Å². The molecule has 0 fully saturated rings. The Morgan fingerprint density at radius 1 is 0.700 bits per heavy atom. The molecular formula is C24H26N4O2. The molecule has 6 nitrogen and oxygen atoms in total. The van der Waals surface area contributed by atoms with Gasteiger partial charge in [-0.15, -0.1) is 0 Å². The summed E-state index contributed by atoms with van der Waals surface area (Å²) in [5.74, 6) is -1.43. The van der Waals surface area contributed by atoms with Crippen molar-refractivity contribution in [3.8, 4) is 0 Å². The molecule has 0 heterocycles. The van der Waals surface area contributed by atoms with Gasteiger partial charge in [0.05, 0.1) is 22.5 Å². The van der Waals surface area contributed by atoms with Crippen LogP contribution >= 0.6 is 0 Å². The number of hydrogen-bond acceptors (Lipinski definition) is 4. The van der Waals surface area contributed by atoms with Crippen molar-refractivity contribution in [1.29, 1.82) is 0 Å². The van der Waals surface area contributed by atoms with Crippen LogP contribution in [0.3, 0.4) is 0 Å². The predicted molar refractivity (Wildman–Crippen MR) is 122 cm³/mol. The molecule has 0 radical (unpaired) electrons. The zero-order valence-corrected chi connectivity index (χ0v) is 17.2. The summed E-state index contributed by atoms with van der Waals surface area (Å²) in [5, 5.41) is 6.67. The Kier molecular flexibility index (Phi) is 6.37. The lowest BCUT2D eigenvalue weighted by molar-refractivity contribution is 0.0967. The Balaban J connectivity index is 2.10. The maximum atomic E-state index is 12.0. The molecule has 0 aliphatic heterocycles. The van der Waals surface area contributed by atoms with Gasteiger partial charge in [0.15, 0.2) is 0 Å². The van der Waals surface area contributed by atoms with E-state index < -0.39 is 11.8 Å². The molecule has 30 heavy (non-hydrogen) atoms. The third-order valence-electron chi connectivity index (χ3n) is 4.92. The molecule has 0 bridgehead atoms. The number of primary amides is 2. The first-order valence-corrected chi connectivity index (χ1v) is 9.90. The quantitative estimate of drug-likeness (QED) is 0.445. The van der Waals surface area contributed by atoms with Crippen LogP contribution in [0.5, 0.6) is 0 Å². The van der Waals surface area contributed by atoms with Gasteiger partial charge in [-0.1, -0.05) is 38.1 Å². The number of anilines is 4. The van der Waals surface area contributed by atoms with Gasteiger partial charge in [0.2, 0.25) is 11.8 Å². The van der Waals surface area contributed by atoms with E-state index in [1.54, 1.807) is 12.1 Å². The first-order chi connectivity index (χ1) is 14.4. The van der Waals surface area contributed by atoms with Gasteiger partial charge in [0.25, 0.3) is 0 Å². The van der Waals surface area contributed by atoms with Crippen molar-refractivity contribution < 1.29 is 9.59 Å². The Hall–Kier alpha value is -3.80. The van der Waals surface area contributed by atoms with Crippen LogP contribution in [0.15, 0.2) is 60.7 Å². The fourth-order valence-electron chi connectivity index (χ4n) is 3.26. The zero-order valence-electron chi connectivity index (χ0n) is 17.2. The minimum absolute atomic E-state index is 0.0736. The average molecular weight is 402 g/mol. The molecule has 6 heteroatoms. The molecule has 3 aromatic rings.